The average molecular weight is 645 g/mol. The molecular formula is C34H32N2O7S2. The van der Waals surface area contributed by atoms with Gasteiger partial charge in [-0.15, -0.1) is 11.8 Å². The van der Waals surface area contributed by atoms with Gasteiger partial charge in [0.1, 0.15) is 6.61 Å². The van der Waals surface area contributed by atoms with Crippen molar-refractivity contribution in [2.45, 2.75) is 44.4 Å². The lowest BCUT2D eigenvalue weighted by molar-refractivity contribution is -0.143. The molecular weight excluding hydrogens is 613 g/mol. The fraction of sp³-hybridized carbons (Fsp3) is 0.235. The van der Waals surface area contributed by atoms with Crippen LogP contribution in [0.15, 0.2) is 92.7 Å². The number of hydrogen-bond acceptors (Lipinski definition) is 9. The zero-order valence-corrected chi connectivity index (χ0v) is 27.0. The van der Waals surface area contributed by atoms with E-state index in [1.54, 1.807) is 79.6 Å². The predicted molar refractivity (Wildman–Crippen MR) is 174 cm³/mol. The van der Waals surface area contributed by atoms with Crippen LogP contribution in [0.2, 0.25) is 0 Å². The van der Waals surface area contributed by atoms with Crippen LogP contribution < -0.4 is 24.4 Å². The first-order valence-corrected chi connectivity index (χ1v) is 16.1. The van der Waals surface area contributed by atoms with Crippen LogP contribution in [0.1, 0.15) is 53.9 Å². The number of carboxylic acid groups (broad SMARTS) is 1. The number of aromatic nitrogens is 1. The summed E-state index contributed by atoms with van der Waals surface area (Å²) in [6.07, 6.45) is 3.41. The second kappa shape index (κ2) is 13.6. The van der Waals surface area contributed by atoms with Gasteiger partial charge in [-0.05, 0) is 86.2 Å². The molecule has 1 aromatic heterocycles. The van der Waals surface area contributed by atoms with Crippen molar-refractivity contribution in [3.05, 3.63) is 120 Å². The highest BCUT2D eigenvalue weighted by atomic mass is 32.2. The van der Waals surface area contributed by atoms with E-state index in [0.717, 1.165) is 10.5 Å². The number of esters is 1. The first-order chi connectivity index (χ1) is 21.6. The molecule has 1 aliphatic heterocycles. The van der Waals surface area contributed by atoms with Crippen LogP contribution in [0.5, 0.6) is 11.5 Å². The van der Waals surface area contributed by atoms with Crippen molar-refractivity contribution in [3.8, 4) is 11.5 Å². The molecule has 0 saturated carbocycles. The summed E-state index contributed by atoms with van der Waals surface area (Å²) in [6, 6.07) is 18.9. The maximum Gasteiger partial charge on any atom is 0.338 e. The lowest BCUT2D eigenvalue weighted by Crippen LogP contribution is -2.40. The zero-order valence-electron chi connectivity index (χ0n) is 25.4. The van der Waals surface area contributed by atoms with Gasteiger partial charge < -0.3 is 19.3 Å². The maximum atomic E-state index is 14.0. The molecule has 1 aliphatic rings. The molecule has 0 radical (unpaired) electrons. The molecule has 45 heavy (non-hydrogen) atoms. The number of rotatable bonds is 10. The number of thiazole rings is 1. The summed E-state index contributed by atoms with van der Waals surface area (Å²) in [7, 11) is 1.52. The number of carbonyl (C=O) groups is 2. The fourth-order valence-electron chi connectivity index (χ4n) is 4.96. The zero-order chi connectivity index (χ0) is 32.2. The lowest BCUT2D eigenvalue weighted by Gasteiger charge is -2.25. The Kier molecular flexibility index (Phi) is 9.60. The Bertz CT molecular complexity index is 1970. The van der Waals surface area contributed by atoms with Gasteiger partial charge in [-0.3, -0.25) is 9.36 Å². The summed E-state index contributed by atoms with van der Waals surface area (Å²) in [6.45, 7) is 5.48. The number of thioether (sulfide) groups is 1. The van der Waals surface area contributed by atoms with Crippen LogP contribution in [-0.2, 0) is 16.1 Å². The summed E-state index contributed by atoms with van der Waals surface area (Å²) in [4.78, 5) is 44.8. The molecule has 9 nitrogen and oxygen atoms in total. The monoisotopic (exact) mass is 644 g/mol. The molecule has 0 aliphatic carbocycles. The number of fused-ring (bicyclic) bond motifs is 1. The summed E-state index contributed by atoms with van der Waals surface area (Å²) >= 11 is 2.85. The van der Waals surface area contributed by atoms with Crippen molar-refractivity contribution in [1.29, 1.82) is 0 Å². The van der Waals surface area contributed by atoms with E-state index in [-0.39, 0.29) is 23.8 Å². The van der Waals surface area contributed by atoms with Gasteiger partial charge in [0.15, 0.2) is 16.3 Å². The van der Waals surface area contributed by atoms with E-state index in [1.807, 2.05) is 30.5 Å². The number of aromatic carboxylic acids is 1. The Hall–Kier alpha value is -4.61. The smallest absolute Gasteiger partial charge is 0.338 e. The second-order valence-corrected chi connectivity index (χ2v) is 12.4. The van der Waals surface area contributed by atoms with Gasteiger partial charge in [-0.25, -0.2) is 14.6 Å². The number of hydrogen-bond donors (Lipinski definition) is 1. The van der Waals surface area contributed by atoms with Gasteiger partial charge in [-0.2, -0.15) is 0 Å². The molecule has 0 fully saturated rings. The first kappa shape index (κ1) is 31.8. The quantitative estimate of drug-likeness (QED) is 0.185. The van der Waals surface area contributed by atoms with Gasteiger partial charge in [0.25, 0.3) is 5.56 Å². The molecule has 0 bridgehead atoms. The molecule has 0 unspecified atom stereocenters. The van der Waals surface area contributed by atoms with Crippen molar-refractivity contribution >= 4 is 41.1 Å². The van der Waals surface area contributed by atoms with E-state index in [4.69, 9.17) is 14.2 Å². The standard InChI is InChI=1S/C34H32N2O7S2/c1-19(2)43-33(40)29-20(3)35-34-36(30(29)23-10-12-25(44-5)13-11-23)31(37)28(45-34)17-21-9-14-26(27(16-21)41-4)42-18-22-7-6-8-24(15-22)32(38)39/h6-17,19,30H,18H2,1-5H3,(H,38,39)/b28-17-/t30-/m0/s1. The second-order valence-electron chi connectivity index (χ2n) is 10.5. The third-order valence-electron chi connectivity index (χ3n) is 7.07. The van der Waals surface area contributed by atoms with Crippen LogP contribution in [0.25, 0.3) is 6.08 Å². The minimum Gasteiger partial charge on any atom is -0.493 e. The minimum absolute atomic E-state index is 0.147. The normalized spacial score (nSPS) is 14.6. The minimum atomic E-state index is -1.01. The van der Waals surface area contributed by atoms with Gasteiger partial charge in [0.2, 0.25) is 0 Å². The third-order valence-corrected chi connectivity index (χ3v) is 8.80. The van der Waals surface area contributed by atoms with E-state index >= 15 is 0 Å². The van der Waals surface area contributed by atoms with Crippen molar-refractivity contribution in [2.75, 3.05) is 13.4 Å². The Morgan fingerprint density at radius 1 is 1.09 bits per heavy atom. The molecule has 1 atom stereocenters. The predicted octanol–water partition coefficient (Wildman–Crippen LogP) is 5.19. The van der Waals surface area contributed by atoms with Crippen LogP contribution >= 0.6 is 23.1 Å². The largest absolute Gasteiger partial charge is 0.493 e. The Morgan fingerprint density at radius 2 is 1.84 bits per heavy atom. The molecule has 2 heterocycles. The number of ether oxygens (including phenoxy) is 3. The van der Waals surface area contributed by atoms with Gasteiger partial charge in [0, 0.05) is 4.90 Å². The van der Waals surface area contributed by atoms with E-state index in [1.165, 1.54) is 24.5 Å². The molecule has 232 valence electrons. The SMILES string of the molecule is COc1cc(/C=c2\sc3n(c2=O)[C@@H](c2ccc(SC)cc2)C(C(=O)OC(C)C)=C(C)N=3)ccc1OCc1cccc(C(=O)O)c1. The van der Waals surface area contributed by atoms with Crippen LogP contribution in [0.3, 0.4) is 0 Å². The average Bonchev–Trinajstić information content (AvgIpc) is 3.32. The highest BCUT2D eigenvalue weighted by molar-refractivity contribution is 7.98. The molecule has 0 saturated heterocycles. The third kappa shape index (κ3) is 6.89. The van der Waals surface area contributed by atoms with Crippen molar-refractivity contribution in [2.24, 2.45) is 4.99 Å². The van der Waals surface area contributed by atoms with Gasteiger partial charge >= 0.3 is 11.9 Å². The van der Waals surface area contributed by atoms with E-state index < -0.39 is 18.0 Å². The van der Waals surface area contributed by atoms with E-state index in [0.29, 0.717) is 43.2 Å². The number of allylic oxidation sites excluding steroid dienone is 1. The molecule has 1 N–H and O–H groups in total. The molecule has 11 heteroatoms. The number of carboxylic acids is 1. The lowest BCUT2D eigenvalue weighted by atomic mass is 9.96. The number of nitrogens with zero attached hydrogens (tertiary/aromatic N) is 2. The van der Waals surface area contributed by atoms with E-state index in [2.05, 4.69) is 4.99 Å². The molecule has 5 rings (SSSR count). The molecule has 4 aromatic rings. The summed E-state index contributed by atoms with van der Waals surface area (Å²) in [5.41, 5.74) is 2.92. The Balaban J connectivity index is 1.52. The number of carbonyl (C=O) groups excluding carboxylic acids is 1. The first-order valence-electron chi connectivity index (χ1n) is 14.1. The highest BCUT2D eigenvalue weighted by Crippen LogP contribution is 2.32. The highest BCUT2D eigenvalue weighted by Gasteiger charge is 2.33. The summed E-state index contributed by atoms with van der Waals surface area (Å²) < 4.78 is 19.1. The Morgan fingerprint density at radius 3 is 2.51 bits per heavy atom. The van der Waals surface area contributed by atoms with Crippen molar-refractivity contribution in [3.63, 3.8) is 0 Å². The fourth-order valence-corrected chi connectivity index (χ4v) is 6.42. The van der Waals surface area contributed by atoms with Gasteiger partial charge in [-0.1, -0.05) is 41.7 Å². The van der Waals surface area contributed by atoms with Crippen LogP contribution in [-0.4, -0.2) is 41.1 Å². The van der Waals surface area contributed by atoms with Gasteiger partial charge in [0.05, 0.1) is 40.6 Å². The summed E-state index contributed by atoms with van der Waals surface area (Å²) in [5, 5.41) is 9.26. The van der Waals surface area contributed by atoms with Crippen molar-refractivity contribution < 1.29 is 28.9 Å². The molecule has 3 aromatic carbocycles. The van der Waals surface area contributed by atoms with Crippen molar-refractivity contribution in [1.82, 2.24) is 4.57 Å². The maximum absolute atomic E-state index is 14.0. The Labute approximate surface area is 268 Å². The van der Waals surface area contributed by atoms with Crippen LogP contribution in [0.4, 0.5) is 0 Å². The number of benzene rings is 3. The van der Waals surface area contributed by atoms with E-state index in [9.17, 15) is 19.5 Å². The number of methoxy groups -OCH3 is 1. The summed E-state index contributed by atoms with van der Waals surface area (Å²) in [5.74, 6) is -0.595. The molecule has 0 amide bonds. The topological polar surface area (TPSA) is 116 Å². The molecule has 0 spiro atoms. The van der Waals surface area contributed by atoms with Crippen LogP contribution in [0, 0.1) is 0 Å².